The fourth-order valence-electron chi connectivity index (χ4n) is 2.63. The van der Waals surface area contributed by atoms with E-state index in [0.717, 1.165) is 36.8 Å². The molecule has 2 rings (SSSR count). The zero-order valence-corrected chi connectivity index (χ0v) is 17.8. The molecule has 0 heterocycles. The highest BCUT2D eigenvalue weighted by molar-refractivity contribution is 5.79. The third-order valence-electron chi connectivity index (χ3n) is 4.03. The number of nitrogens with one attached hydrogen (secondary N) is 3. The minimum atomic E-state index is -0.129. The number of nitrogens with zero attached hydrogens (tertiary/aromatic N) is 1. The Morgan fingerprint density at radius 1 is 0.900 bits per heavy atom. The molecular formula is C23H32N4O3. The second kappa shape index (κ2) is 13.9. The van der Waals surface area contributed by atoms with Crippen molar-refractivity contribution in [2.75, 3.05) is 32.8 Å². The van der Waals surface area contributed by atoms with E-state index in [0.29, 0.717) is 25.4 Å². The maximum absolute atomic E-state index is 11.5. The minimum absolute atomic E-state index is 0.00973. The van der Waals surface area contributed by atoms with E-state index >= 15 is 0 Å². The van der Waals surface area contributed by atoms with Crippen LogP contribution in [0.25, 0.3) is 0 Å². The molecule has 0 atom stereocenters. The third-order valence-corrected chi connectivity index (χ3v) is 4.03. The largest absolute Gasteiger partial charge is 0.494 e. The van der Waals surface area contributed by atoms with Crippen molar-refractivity contribution in [3.63, 3.8) is 0 Å². The predicted octanol–water partition coefficient (Wildman–Crippen LogP) is 2.73. The lowest BCUT2D eigenvalue weighted by Crippen LogP contribution is -2.38. The Morgan fingerprint density at radius 3 is 2.43 bits per heavy atom. The normalized spacial score (nSPS) is 10.9. The van der Waals surface area contributed by atoms with Gasteiger partial charge >= 0.3 is 0 Å². The number of guanidine groups is 1. The highest BCUT2D eigenvalue weighted by atomic mass is 16.5. The summed E-state index contributed by atoms with van der Waals surface area (Å²) < 4.78 is 11.2. The van der Waals surface area contributed by atoms with E-state index in [1.165, 1.54) is 0 Å². The number of ether oxygens (including phenoxy) is 2. The molecule has 30 heavy (non-hydrogen) atoms. The number of carbonyl (C=O) groups is 1. The number of hydrogen-bond donors (Lipinski definition) is 3. The highest BCUT2D eigenvalue weighted by Crippen LogP contribution is 2.14. The van der Waals surface area contributed by atoms with Gasteiger partial charge < -0.3 is 25.4 Å². The summed E-state index contributed by atoms with van der Waals surface area (Å²) in [6.07, 6.45) is 0.864. The van der Waals surface area contributed by atoms with Gasteiger partial charge in [-0.1, -0.05) is 30.3 Å². The zero-order valence-electron chi connectivity index (χ0n) is 17.8. The molecule has 2 aromatic carbocycles. The molecule has 162 valence electrons. The molecule has 0 saturated heterocycles. The van der Waals surface area contributed by atoms with Gasteiger partial charge in [-0.05, 0) is 50.1 Å². The van der Waals surface area contributed by atoms with E-state index in [1.807, 2.05) is 68.4 Å². The smallest absolute Gasteiger partial charge is 0.257 e. The molecule has 7 nitrogen and oxygen atoms in total. The van der Waals surface area contributed by atoms with E-state index in [2.05, 4.69) is 20.9 Å². The van der Waals surface area contributed by atoms with Gasteiger partial charge in [-0.2, -0.15) is 0 Å². The lowest BCUT2D eigenvalue weighted by Gasteiger charge is -2.12. The van der Waals surface area contributed by atoms with E-state index in [4.69, 9.17) is 9.47 Å². The maximum Gasteiger partial charge on any atom is 0.257 e. The van der Waals surface area contributed by atoms with Crippen LogP contribution in [0.1, 0.15) is 25.8 Å². The van der Waals surface area contributed by atoms with Gasteiger partial charge in [-0.25, -0.2) is 4.99 Å². The molecule has 0 aliphatic carbocycles. The number of benzene rings is 2. The standard InChI is InChI=1S/C23H32N4O3/c1-3-24-22(28)18-30-21-13-8-10-19(16-21)17-27-23(25-4-2)26-14-9-15-29-20-11-6-5-7-12-20/h5-8,10-13,16H,3-4,9,14-15,17-18H2,1-2H3,(H,24,28)(H2,25,26,27). The summed E-state index contributed by atoms with van der Waals surface area (Å²) in [5.74, 6) is 2.17. The number of rotatable bonds is 12. The van der Waals surface area contributed by atoms with Crippen LogP contribution in [0, 0.1) is 0 Å². The van der Waals surface area contributed by atoms with Crippen LogP contribution in [0.3, 0.4) is 0 Å². The highest BCUT2D eigenvalue weighted by Gasteiger charge is 2.03. The van der Waals surface area contributed by atoms with Crippen LogP contribution < -0.4 is 25.4 Å². The number of hydrogen-bond acceptors (Lipinski definition) is 4. The van der Waals surface area contributed by atoms with Crippen LogP contribution in [0.4, 0.5) is 0 Å². The number of carbonyl (C=O) groups excluding carboxylic acids is 1. The van der Waals surface area contributed by atoms with E-state index in [1.54, 1.807) is 0 Å². The quantitative estimate of drug-likeness (QED) is 0.284. The van der Waals surface area contributed by atoms with E-state index in [-0.39, 0.29) is 12.5 Å². The van der Waals surface area contributed by atoms with Gasteiger partial charge in [0.25, 0.3) is 5.91 Å². The molecule has 0 spiro atoms. The molecule has 0 aliphatic rings. The zero-order chi connectivity index (χ0) is 21.4. The summed E-state index contributed by atoms with van der Waals surface area (Å²) >= 11 is 0. The SMILES string of the molecule is CCNC(=O)COc1cccc(CN=C(NCC)NCCCOc2ccccc2)c1. The first-order valence-corrected chi connectivity index (χ1v) is 10.4. The number of para-hydroxylation sites is 1. The van der Waals surface area contributed by atoms with Gasteiger partial charge in [0.1, 0.15) is 11.5 Å². The molecule has 0 fully saturated rings. The molecule has 3 N–H and O–H groups in total. The Balaban J connectivity index is 1.77. The number of likely N-dealkylation sites (N-methyl/N-ethyl adjacent to an activating group) is 1. The molecule has 0 radical (unpaired) electrons. The second-order valence-electron chi connectivity index (χ2n) is 6.53. The lowest BCUT2D eigenvalue weighted by atomic mass is 10.2. The summed E-state index contributed by atoms with van der Waals surface area (Å²) in [7, 11) is 0. The molecule has 0 bridgehead atoms. The maximum atomic E-state index is 11.5. The Hall–Kier alpha value is -3.22. The van der Waals surface area contributed by atoms with Crippen LogP contribution in [-0.4, -0.2) is 44.7 Å². The molecule has 0 aliphatic heterocycles. The first-order chi connectivity index (χ1) is 14.7. The lowest BCUT2D eigenvalue weighted by molar-refractivity contribution is -0.122. The molecule has 0 aromatic heterocycles. The van der Waals surface area contributed by atoms with Gasteiger partial charge in [0.15, 0.2) is 12.6 Å². The summed E-state index contributed by atoms with van der Waals surface area (Å²) in [6, 6.07) is 17.4. The van der Waals surface area contributed by atoms with Gasteiger partial charge in [-0.3, -0.25) is 4.79 Å². The van der Waals surface area contributed by atoms with Crippen LogP contribution in [0.2, 0.25) is 0 Å². The molecule has 0 unspecified atom stereocenters. The fourth-order valence-corrected chi connectivity index (χ4v) is 2.63. The second-order valence-corrected chi connectivity index (χ2v) is 6.53. The summed E-state index contributed by atoms with van der Waals surface area (Å²) in [4.78, 5) is 16.2. The monoisotopic (exact) mass is 412 g/mol. The van der Waals surface area contributed by atoms with Crippen molar-refractivity contribution in [3.05, 3.63) is 60.2 Å². The van der Waals surface area contributed by atoms with Crippen LogP contribution >= 0.6 is 0 Å². The Kier molecular flexibility index (Phi) is 10.7. The Bertz CT molecular complexity index is 781. The van der Waals surface area contributed by atoms with E-state index < -0.39 is 0 Å². The van der Waals surface area contributed by atoms with Crippen molar-refractivity contribution in [1.29, 1.82) is 0 Å². The van der Waals surface area contributed by atoms with Crippen molar-refractivity contribution < 1.29 is 14.3 Å². The number of amides is 1. The van der Waals surface area contributed by atoms with Crippen LogP contribution in [-0.2, 0) is 11.3 Å². The summed E-state index contributed by atoms with van der Waals surface area (Å²) in [5, 5.41) is 9.28. The van der Waals surface area contributed by atoms with Crippen molar-refractivity contribution in [2.24, 2.45) is 4.99 Å². The average Bonchev–Trinajstić information content (AvgIpc) is 2.77. The molecular weight excluding hydrogens is 380 g/mol. The molecule has 0 saturated carbocycles. The predicted molar refractivity (Wildman–Crippen MR) is 120 cm³/mol. The summed E-state index contributed by atoms with van der Waals surface area (Å²) in [5.41, 5.74) is 1.01. The van der Waals surface area contributed by atoms with Gasteiger partial charge in [0.2, 0.25) is 0 Å². The first kappa shape index (κ1) is 23.1. The van der Waals surface area contributed by atoms with Crippen molar-refractivity contribution in [2.45, 2.75) is 26.8 Å². The molecule has 1 amide bonds. The third kappa shape index (κ3) is 9.32. The fraction of sp³-hybridized carbons (Fsp3) is 0.391. The van der Waals surface area contributed by atoms with Gasteiger partial charge in [-0.15, -0.1) is 0 Å². The topological polar surface area (TPSA) is 84.0 Å². The van der Waals surface area contributed by atoms with Crippen molar-refractivity contribution in [3.8, 4) is 11.5 Å². The Labute approximate surface area is 178 Å². The molecule has 7 heteroatoms. The van der Waals surface area contributed by atoms with Gasteiger partial charge in [0, 0.05) is 19.6 Å². The van der Waals surface area contributed by atoms with Crippen LogP contribution in [0.15, 0.2) is 59.6 Å². The first-order valence-electron chi connectivity index (χ1n) is 10.4. The minimum Gasteiger partial charge on any atom is -0.494 e. The van der Waals surface area contributed by atoms with Gasteiger partial charge in [0.05, 0.1) is 13.2 Å². The van der Waals surface area contributed by atoms with Crippen LogP contribution in [0.5, 0.6) is 11.5 Å². The van der Waals surface area contributed by atoms with Crippen molar-refractivity contribution in [1.82, 2.24) is 16.0 Å². The van der Waals surface area contributed by atoms with E-state index in [9.17, 15) is 4.79 Å². The molecule has 2 aromatic rings. The Morgan fingerprint density at radius 2 is 1.67 bits per heavy atom. The van der Waals surface area contributed by atoms with Crippen molar-refractivity contribution >= 4 is 11.9 Å². The number of aliphatic imine (C=N–C) groups is 1. The summed E-state index contributed by atoms with van der Waals surface area (Å²) in [6.45, 7) is 7.20. The average molecular weight is 413 g/mol.